The summed E-state index contributed by atoms with van der Waals surface area (Å²) in [7, 11) is 0. The van der Waals surface area contributed by atoms with Gasteiger partial charge in [0.05, 0.1) is 11.5 Å². The van der Waals surface area contributed by atoms with Crippen LogP contribution in [0.25, 0.3) is 0 Å². The average molecular weight is 480 g/mol. The molecule has 0 radical (unpaired) electrons. The summed E-state index contributed by atoms with van der Waals surface area (Å²) < 4.78 is 5.28. The molecule has 0 amide bonds. The Hall–Kier alpha value is -1.24. The number of carboxylic acid groups (broad SMARTS) is 1. The van der Waals surface area contributed by atoms with Crippen LogP contribution in [0.15, 0.2) is 0 Å². The van der Waals surface area contributed by atoms with E-state index in [2.05, 4.69) is 26.8 Å². The van der Waals surface area contributed by atoms with E-state index in [0.29, 0.717) is 6.42 Å². The molecule has 1 N–H and O–H groups in total. The highest BCUT2D eigenvalue weighted by atomic mass is 16.7. The zero-order valence-corrected chi connectivity index (χ0v) is 23.1. The molecule has 0 rings (SSSR count). The van der Waals surface area contributed by atoms with E-state index in [9.17, 15) is 15.2 Å². The maximum absolute atomic E-state index is 11.3. The summed E-state index contributed by atoms with van der Waals surface area (Å²) in [4.78, 5) is 11.3. The summed E-state index contributed by atoms with van der Waals surface area (Å²) in [5.41, 5.74) is -0.449. The van der Waals surface area contributed by atoms with Gasteiger partial charge in [0.2, 0.25) is 0 Å². The zero-order chi connectivity index (χ0) is 25.3. The van der Waals surface area contributed by atoms with E-state index in [1.807, 2.05) is 0 Å². The quantitative estimate of drug-likeness (QED) is 0.104. The second-order valence-corrected chi connectivity index (χ2v) is 10.5. The highest BCUT2D eigenvalue weighted by Gasteiger charge is 2.33. The third-order valence-electron chi connectivity index (χ3n) is 7.24. The van der Waals surface area contributed by atoms with Crippen LogP contribution >= 0.6 is 0 Å². The Balaban J connectivity index is 4.41. The van der Waals surface area contributed by atoms with Gasteiger partial charge in [-0.25, -0.2) is 4.79 Å². The van der Waals surface area contributed by atoms with Gasteiger partial charge in [0, 0.05) is 6.42 Å². The Kier molecular flexibility index (Phi) is 22.6. The standard InChI is InChI=1S/C30H57NO3/c1-4-7-9-11-13-15-16-17-19-21-23-28(34-29(32)33)26-30(27-31,24-6-3)25-22-20-18-14-12-10-8-5-2/h28H,4-26H2,1-3H3,(H,32,33). The van der Waals surface area contributed by atoms with Crippen LogP contribution in [0, 0.1) is 16.7 Å². The maximum Gasteiger partial charge on any atom is 0.506 e. The lowest BCUT2D eigenvalue weighted by Gasteiger charge is -2.30. The van der Waals surface area contributed by atoms with Crippen molar-refractivity contribution in [3.05, 3.63) is 0 Å². The summed E-state index contributed by atoms with van der Waals surface area (Å²) in [6.45, 7) is 6.61. The molecule has 0 heterocycles. The van der Waals surface area contributed by atoms with E-state index in [0.717, 1.165) is 44.9 Å². The summed E-state index contributed by atoms with van der Waals surface area (Å²) in [6.07, 6.45) is 25.0. The molecule has 2 unspecified atom stereocenters. The Morgan fingerprint density at radius 3 is 1.56 bits per heavy atom. The van der Waals surface area contributed by atoms with Gasteiger partial charge < -0.3 is 9.84 Å². The number of ether oxygens (including phenoxy) is 1. The molecule has 0 aliphatic carbocycles. The predicted octanol–water partition coefficient (Wildman–Crippen LogP) is 10.6. The Bertz CT molecular complexity index is 502. The molecular weight excluding hydrogens is 422 g/mol. The molecule has 0 saturated heterocycles. The average Bonchev–Trinajstić information content (AvgIpc) is 2.81. The summed E-state index contributed by atoms with van der Waals surface area (Å²) in [5, 5.41) is 19.4. The van der Waals surface area contributed by atoms with E-state index < -0.39 is 11.6 Å². The first-order valence-corrected chi connectivity index (χ1v) is 14.8. The van der Waals surface area contributed by atoms with Crippen molar-refractivity contribution in [2.24, 2.45) is 5.41 Å². The Labute approximate surface area is 212 Å². The Morgan fingerprint density at radius 1 is 0.706 bits per heavy atom. The van der Waals surface area contributed by atoms with Crippen LogP contribution < -0.4 is 0 Å². The molecule has 4 heteroatoms. The van der Waals surface area contributed by atoms with Gasteiger partial charge in [-0.3, -0.25) is 0 Å². The van der Waals surface area contributed by atoms with Crippen molar-refractivity contribution in [1.29, 1.82) is 5.26 Å². The lowest BCUT2D eigenvalue weighted by atomic mass is 9.75. The predicted molar refractivity (Wildman–Crippen MR) is 144 cm³/mol. The van der Waals surface area contributed by atoms with Crippen molar-refractivity contribution in [3.8, 4) is 6.07 Å². The van der Waals surface area contributed by atoms with E-state index >= 15 is 0 Å². The molecule has 0 aliphatic rings. The fourth-order valence-corrected chi connectivity index (χ4v) is 5.20. The zero-order valence-electron chi connectivity index (χ0n) is 23.1. The van der Waals surface area contributed by atoms with Gasteiger partial charge in [-0.2, -0.15) is 5.26 Å². The van der Waals surface area contributed by atoms with Gasteiger partial charge in [-0.15, -0.1) is 0 Å². The minimum atomic E-state index is -1.20. The van der Waals surface area contributed by atoms with Crippen molar-refractivity contribution in [1.82, 2.24) is 0 Å². The molecule has 34 heavy (non-hydrogen) atoms. The van der Waals surface area contributed by atoms with Crippen LogP contribution in [0.4, 0.5) is 4.79 Å². The van der Waals surface area contributed by atoms with Crippen molar-refractivity contribution in [2.75, 3.05) is 0 Å². The van der Waals surface area contributed by atoms with Crippen LogP contribution in [0.5, 0.6) is 0 Å². The van der Waals surface area contributed by atoms with Crippen molar-refractivity contribution >= 4 is 6.16 Å². The fourth-order valence-electron chi connectivity index (χ4n) is 5.20. The van der Waals surface area contributed by atoms with E-state index in [-0.39, 0.29) is 6.10 Å². The molecule has 0 saturated carbocycles. The minimum Gasteiger partial charge on any atom is -0.450 e. The topological polar surface area (TPSA) is 70.3 Å². The Morgan fingerprint density at radius 2 is 1.15 bits per heavy atom. The third-order valence-corrected chi connectivity index (χ3v) is 7.24. The van der Waals surface area contributed by atoms with Gasteiger partial charge in [0.25, 0.3) is 0 Å². The summed E-state index contributed by atoms with van der Waals surface area (Å²) in [5.74, 6) is 0. The number of hydrogen-bond acceptors (Lipinski definition) is 3. The third kappa shape index (κ3) is 19.1. The van der Waals surface area contributed by atoms with E-state index in [1.165, 1.54) is 96.3 Å². The monoisotopic (exact) mass is 479 g/mol. The molecule has 0 spiro atoms. The molecule has 0 aliphatic heterocycles. The van der Waals surface area contributed by atoms with Crippen molar-refractivity contribution < 1.29 is 14.6 Å². The lowest BCUT2D eigenvalue weighted by molar-refractivity contribution is 0.0263. The first-order valence-electron chi connectivity index (χ1n) is 14.8. The van der Waals surface area contributed by atoms with Gasteiger partial charge in [0.15, 0.2) is 0 Å². The van der Waals surface area contributed by atoms with Gasteiger partial charge in [-0.1, -0.05) is 136 Å². The SMILES string of the molecule is CCCCCCCCCCCCC(CC(C#N)(CCC)CCCCCCCCCC)OC(=O)O. The smallest absolute Gasteiger partial charge is 0.450 e. The van der Waals surface area contributed by atoms with E-state index in [1.54, 1.807) is 0 Å². The van der Waals surface area contributed by atoms with Gasteiger partial charge in [-0.05, 0) is 25.7 Å². The molecule has 2 atom stereocenters. The largest absolute Gasteiger partial charge is 0.506 e. The van der Waals surface area contributed by atoms with E-state index in [4.69, 9.17) is 4.74 Å². The number of rotatable bonds is 25. The maximum atomic E-state index is 11.3. The first-order chi connectivity index (χ1) is 16.5. The molecule has 0 aromatic rings. The molecule has 4 nitrogen and oxygen atoms in total. The molecule has 200 valence electrons. The second kappa shape index (κ2) is 23.5. The second-order valence-electron chi connectivity index (χ2n) is 10.5. The minimum absolute atomic E-state index is 0.355. The highest BCUT2D eigenvalue weighted by Crippen LogP contribution is 2.37. The molecule has 0 aromatic heterocycles. The molecular formula is C30H57NO3. The summed E-state index contributed by atoms with van der Waals surface area (Å²) in [6, 6.07) is 2.61. The normalized spacial score (nSPS) is 13.8. The van der Waals surface area contributed by atoms with Crippen molar-refractivity contribution in [3.63, 3.8) is 0 Å². The molecule has 0 fully saturated rings. The summed E-state index contributed by atoms with van der Waals surface area (Å²) >= 11 is 0. The highest BCUT2D eigenvalue weighted by molar-refractivity contribution is 5.57. The van der Waals surface area contributed by atoms with Crippen LogP contribution in [0.2, 0.25) is 0 Å². The number of nitrogens with zero attached hydrogens (tertiary/aromatic N) is 1. The lowest BCUT2D eigenvalue weighted by Crippen LogP contribution is -2.28. The number of unbranched alkanes of at least 4 members (excludes halogenated alkanes) is 16. The van der Waals surface area contributed by atoms with Crippen LogP contribution in [-0.4, -0.2) is 17.4 Å². The van der Waals surface area contributed by atoms with Crippen LogP contribution in [-0.2, 0) is 4.74 Å². The van der Waals surface area contributed by atoms with Gasteiger partial charge >= 0.3 is 6.16 Å². The molecule has 0 aromatic carbocycles. The van der Waals surface area contributed by atoms with Crippen LogP contribution in [0.3, 0.4) is 0 Å². The number of hydrogen-bond donors (Lipinski definition) is 1. The first kappa shape index (κ1) is 32.8. The number of nitriles is 1. The fraction of sp³-hybridized carbons (Fsp3) is 0.933. The van der Waals surface area contributed by atoms with Crippen molar-refractivity contribution in [2.45, 2.75) is 175 Å². The van der Waals surface area contributed by atoms with Gasteiger partial charge in [0.1, 0.15) is 6.10 Å². The number of carbonyl (C=O) groups is 1. The molecule has 0 bridgehead atoms. The van der Waals surface area contributed by atoms with Crippen LogP contribution in [0.1, 0.15) is 168 Å².